The van der Waals surface area contributed by atoms with Crippen LogP contribution in [0.4, 0.5) is 4.79 Å². The maximum Gasteiger partial charge on any atom is 0.408 e. The van der Waals surface area contributed by atoms with E-state index in [9.17, 15) is 27.6 Å². The highest BCUT2D eigenvalue weighted by Gasteiger charge is 2.62. The minimum absolute atomic E-state index is 0.0100. The van der Waals surface area contributed by atoms with Gasteiger partial charge in [0.15, 0.2) is 5.75 Å². The van der Waals surface area contributed by atoms with Gasteiger partial charge in [-0.05, 0) is 58.8 Å². The Hall–Kier alpha value is -4.21. The number of hydrogen-bond donors (Lipinski definition) is 3. The predicted molar refractivity (Wildman–Crippen MR) is 182 cm³/mol. The number of likely N-dealkylation sites (tertiary alicyclic amines) is 1. The lowest BCUT2D eigenvalue weighted by Gasteiger charge is -2.36. The second-order valence-corrected chi connectivity index (χ2v) is 17.5. The van der Waals surface area contributed by atoms with Crippen molar-refractivity contribution >= 4 is 44.9 Å². The van der Waals surface area contributed by atoms with Crippen LogP contribution in [0.2, 0.25) is 0 Å². The molecule has 5 rings (SSSR count). The van der Waals surface area contributed by atoms with Crippen LogP contribution < -0.4 is 20.1 Å². The number of rotatable bonds is 11. The summed E-state index contributed by atoms with van der Waals surface area (Å²) in [6.07, 6.45) is 1.62. The van der Waals surface area contributed by atoms with Crippen molar-refractivity contribution in [3.05, 3.63) is 30.1 Å². The molecule has 0 spiro atoms. The lowest BCUT2D eigenvalue weighted by molar-refractivity contribution is -0.143. The Morgan fingerprint density at radius 1 is 1.18 bits per heavy atom. The molecule has 16 heteroatoms. The van der Waals surface area contributed by atoms with Crippen molar-refractivity contribution < 1.29 is 41.6 Å². The van der Waals surface area contributed by atoms with Crippen molar-refractivity contribution in [2.75, 3.05) is 6.54 Å². The molecule has 3 fully saturated rings. The highest BCUT2D eigenvalue weighted by molar-refractivity contribution is 7.91. The van der Waals surface area contributed by atoms with Gasteiger partial charge in [-0.2, -0.15) is 0 Å². The van der Waals surface area contributed by atoms with Gasteiger partial charge in [0.1, 0.15) is 40.5 Å². The van der Waals surface area contributed by atoms with Crippen LogP contribution in [-0.2, 0) is 35.6 Å². The number of nitrogens with one attached hydrogen (secondary N) is 3. The summed E-state index contributed by atoms with van der Waals surface area (Å²) < 4.78 is 44.9. The lowest BCUT2D eigenvalue weighted by atomic mass is 9.85. The zero-order valence-electron chi connectivity index (χ0n) is 29.9. The van der Waals surface area contributed by atoms with E-state index in [-0.39, 0.29) is 19.4 Å². The molecule has 4 amide bonds. The number of hydrogen-bond acceptors (Lipinski definition) is 11. The molecule has 3 aliphatic rings. The normalized spacial score (nSPS) is 24.3. The molecule has 15 nitrogen and oxygen atoms in total. The van der Waals surface area contributed by atoms with E-state index in [2.05, 4.69) is 32.1 Å². The Balaban J connectivity index is 1.46. The third-order valence-electron chi connectivity index (χ3n) is 9.14. The van der Waals surface area contributed by atoms with Gasteiger partial charge in [-0.25, -0.2) is 18.2 Å². The van der Waals surface area contributed by atoms with E-state index in [0.717, 1.165) is 5.69 Å². The number of sulfonamides is 1. The number of ether oxygens (including phenoxy) is 2. The van der Waals surface area contributed by atoms with Gasteiger partial charge >= 0.3 is 6.09 Å². The molecule has 1 saturated heterocycles. The van der Waals surface area contributed by atoms with Crippen molar-refractivity contribution in [1.29, 1.82) is 0 Å². The summed E-state index contributed by atoms with van der Waals surface area (Å²) in [6, 6.07) is -0.550. The van der Waals surface area contributed by atoms with Crippen molar-refractivity contribution in [3.8, 4) is 5.75 Å². The molecule has 5 atom stereocenters. The molecule has 3 heterocycles. The van der Waals surface area contributed by atoms with Gasteiger partial charge in [0, 0.05) is 24.1 Å². The summed E-state index contributed by atoms with van der Waals surface area (Å²) in [5.74, 6) is -2.27. The third kappa shape index (κ3) is 7.74. The van der Waals surface area contributed by atoms with E-state index in [1.165, 1.54) is 11.0 Å². The Labute approximate surface area is 292 Å². The van der Waals surface area contributed by atoms with Gasteiger partial charge in [-0.3, -0.25) is 19.1 Å². The van der Waals surface area contributed by atoms with Gasteiger partial charge < -0.3 is 29.5 Å². The lowest BCUT2D eigenvalue weighted by Crippen LogP contribution is -2.60. The number of amides is 4. The van der Waals surface area contributed by atoms with Gasteiger partial charge in [0.05, 0.1) is 11.8 Å². The van der Waals surface area contributed by atoms with Crippen molar-refractivity contribution in [2.24, 2.45) is 11.3 Å². The zero-order valence-corrected chi connectivity index (χ0v) is 30.7. The molecule has 0 aromatic carbocycles. The number of aromatic nitrogens is 2. The minimum Gasteiger partial charge on any atom is -0.484 e. The molecule has 274 valence electrons. The smallest absolute Gasteiger partial charge is 0.408 e. The first-order valence-corrected chi connectivity index (χ1v) is 18.5. The molecule has 3 N–H and O–H groups in total. The number of carbonyl (C=O) groups is 4. The molecule has 0 radical (unpaired) electrons. The van der Waals surface area contributed by atoms with Crippen molar-refractivity contribution in [3.63, 3.8) is 0 Å². The zero-order chi connectivity index (χ0) is 37.0. The maximum atomic E-state index is 14.4. The average Bonchev–Trinajstić information content (AvgIpc) is 3.91. The largest absolute Gasteiger partial charge is 0.484 e. The van der Waals surface area contributed by atoms with E-state index in [1.807, 2.05) is 6.92 Å². The maximum absolute atomic E-state index is 14.4. The first-order valence-electron chi connectivity index (χ1n) is 16.9. The topological polar surface area (TPSA) is 199 Å². The van der Waals surface area contributed by atoms with E-state index >= 15 is 0 Å². The summed E-state index contributed by atoms with van der Waals surface area (Å²) in [4.78, 5) is 60.9. The molecular formula is C34H48N6O9S. The Morgan fingerprint density at radius 3 is 2.42 bits per heavy atom. The SMILES string of the molecule is C=C[C@H]1C[C@@]1(NC(=O)[C@@H]1C[C@@H](Oc2cc(CC)nc3c(C)noc23)CN1C(=O)[C@@H](NC(=O)OC(C)(C)C)C(C)(C)C)C(=O)NS(=O)(=O)C1CC1. The van der Waals surface area contributed by atoms with E-state index in [4.69, 9.17) is 14.0 Å². The molecule has 2 saturated carbocycles. The fourth-order valence-electron chi connectivity index (χ4n) is 6.13. The van der Waals surface area contributed by atoms with Crippen LogP contribution in [0.5, 0.6) is 5.75 Å². The second kappa shape index (κ2) is 13.2. The number of aryl methyl sites for hydroxylation is 2. The van der Waals surface area contributed by atoms with Crippen LogP contribution in [0.3, 0.4) is 0 Å². The number of pyridine rings is 1. The number of fused-ring (bicyclic) bond motifs is 1. The molecule has 0 unspecified atom stereocenters. The average molecular weight is 717 g/mol. The van der Waals surface area contributed by atoms with Gasteiger partial charge in [-0.1, -0.05) is 38.9 Å². The van der Waals surface area contributed by atoms with Gasteiger partial charge in [-0.15, -0.1) is 6.58 Å². The summed E-state index contributed by atoms with van der Waals surface area (Å²) in [7, 11) is -3.90. The van der Waals surface area contributed by atoms with E-state index in [0.29, 0.717) is 41.8 Å². The highest BCUT2D eigenvalue weighted by atomic mass is 32.2. The van der Waals surface area contributed by atoms with Crippen LogP contribution in [0, 0.1) is 18.3 Å². The standard InChI is InChI=1S/C34H48N6O9S/c1-10-19-16-34(19,30(43)39-50(45,46)22-12-13-22)37-28(41)23-15-21(47-24-14-20(11-2)35-25-18(3)38-49-26(24)25)17-40(23)29(42)27(32(4,5)6)36-31(44)48-33(7,8)9/h10,14,19,21-23,27H,1,11-13,15-17H2,2-9H3,(H,36,44)(H,37,41)(H,39,43)/t19-,21+,23-,27+,34-/m0/s1. The Morgan fingerprint density at radius 2 is 1.86 bits per heavy atom. The number of carbonyl (C=O) groups excluding carboxylic acids is 4. The highest BCUT2D eigenvalue weighted by Crippen LogP contribution is 2.45. The van der Waals surface area contributed by atoms with E-state index < -0.39 is 79.7 Å². The fraction of sp³-hybridized carbons (Fsp3) is 0.647. The Bertz CT molecular complexity index is 1810. The van der Waals surface area contributed by atoms with Crippen molar-refractivity contribution in [2.45, 2.75) is 122 Å². The molecule has 50 heavy (non-hydrogen) atoms. The summed E-state index contributed by atoms with van der Waals surface area (Å²) in [6.45, 7) is 17.8. The fourth-order valence-corrected chi connectivity index (χ4v) is 7.50. The summed E-state index contributed by atoms with van der Waals surface area (Å²) in [5, 5.41) is 8.85. The first kappa shape index (κ1) is 37.1. The molecular weight excluding hydrogens is 668 g/mol. The second-order valence-electron chi connectivity index (χ2n) is 15.5. The van der Waals surface area contributed by atoms with Gasteiger partial charge in [0.25, 0.3) is 5.91 Å². The molecule has 2 aliphatic carbocycles. The first-order chi connectivity index (χ1) is 23.2. The molecule has 2 aromatic rings. The van der Waals surface area contributed by atoms with Crippen molar-refractivity contribution in [1.82, 2.24) is 30.4 Å². The molecule has 0 bridgehead atoms. The predicted octanol–water partition coefficient (Wildman–Crippen LogP) is 3.05. The number of alkyl carbamates (subject to hydrolysis) is 1. The van der Waals surface area contributed by atoms with E-state index in [1.54, 1.807) is 54.5 Å². The van der Waals surface area contributed by atoms with Crippen LogP contribution in [-0.4, -0.2) is 88.4 Å². The monoisotopic (exact) mass is 716 g/mol. The molecule has 1 aliphatic heterocycles. The molecule has 2 aromatic heterocycles. The summed E-state index contributed by atoms with van der Waals surface area (Å²) in [5.41, 5.74) is -1.04. The van der Waals surface area contributed by atoms with Crippen LogP contribution in [0.15, 0.2) is 23.2 Å². The van der Waals surface area contributed by atoms with Crippen LogP contribution in [0.1, 0.15) is 85.5 Å². The summed E-state index contributed by atoms with van der Waals surface area (Å²) >= 11 is 0. The number of nitrogens with zero attached hydrogens (tertiary/aromatic N) is 3. The van der Waals surface area contributed by atoms with Gasteiger partial charge in [0.2, 0.25) is 27.4 Å². The Kier molecular flexibility index (Phi) is 9.75. The quantitative estimate of drug-likeness (QED) is 0.289. The minimum atomic E-state index is -3.90. The van der Waals surface area contributed by atoms with Crippen LogP contribution >= 0.6 is 0 Å². The third-order valence-corrected chi connectivity index (χ3v) is 11.0. The van der Waals surface area contributed by atoms with Crippen LogP contribution in [0.25, 0.3) is 11.1 Å².